The van der Waals surface area contributed by atoms with Gasteiger partial charge in [-0.15, -0.1) is 0 Å². The lowest BCUT2D eigenvalue weighted by atomic mass is 10.3. The smallest absolute Gasteiger partial charge is 0.282 e. The second kappa shape index (κ2) is 8.34. The van der Waals surface area contributed by atoms with Crippen molar-refractivity contribution in [3.05, 3.63) is 30.3 Å². The molecule has 0 bridgehead atoms. The van der Waals surface area contributed by atoms with Crippen LogP contribution in [0.5, 0.6) is 5.75 Å². The predicted molar refractivity (Wildman–Crippen MR) is 98.1 cm³/mol. The number of rotatable bonds is 5. The Kier molecular flexibility index (Phi) is 6.13. The van der Waals surface area contributed by atoms with Crippen molar-refractivity contribution in [2.45, 2.75) is 0 Å². The van der Waals surface area contributed by atoms with Gasteiger partial charge in [-0.1, -0.05) is 18.2 Å². The van der Waals surface area contributed by atoms with Gasteiger partial charge in [0, 0.05) is 52.4 Å². The molecule has 0 unspecified atom stereocenters. The van der Waals surface area contributed by atoms with E-state index in [0.717, 1.165) is 13.1 Å². The molecule has 2 fully saturated rings. The summed E-state index contributed by atoms with van der Waals surface area (Å²) in [6.07, 6.45) is 0. The molecule has 0 N–H and O–H groups in total. The van der Waals surface area contributed by atoms with E-state index in [-0.39, 0.29) is 12.5 Å². The van der Waals surface area contributed by atoms with Gasteiger partial charge in [-0.05, 0) is 19.2 Å². The highest BCUT2D eigenvalue weighted by Gasteiger charge is 2.34. The highest BCUT2D eigenvalue weighted by atomic mass is 32.2. The van der Waals surface area contributed by atoms with Gasteiger partial charge in [-0.3, -0.25) is 4.79 Å². The van der Waals surface area contributed by atoms with E-state index in [1.165, 1.54) is 4.31 Å². The van der Waals surface area contributed by atoms with Crippen molar-refractivity contribution in [1.29, 1.82) is 0 Å². The largest absolute Gasteiger partial charge is 0.484 e. The number of nitrogens with zero attached hydrogens (tertiary/aromatic N) is 4. The summed E-state index contributed by atoms with van der Waals surface area (Å²) in [6, 6.07) is 9.18. The van der Waals surface area contributed by atoms with Crippen LogP contribution in [0.1, 0.15) is 0 Å². The summed E-state index contributed by atoms with van der Waals surface area (Å²) >= 11 is 0. The second-order valence-electron chi connectivity index (χ2n) is 6.59. The van der Waals surface area contributed by atoms with Gasteiger partial charge in [0.1, 0.15) is 5.75 Å². The molecule has 9 heteroatoms. The van der Waals surface area contributed by atoms with E-state index in [9.17, 15) is 13.2 Å². The van der Waals surface area contributed by atoms with Gasteiger partial charge < -0.3 is 14.5 Å². The lowest BCUT2D eigenvalue weighted by Crippen LogP contribution is -2.57. The minimum Gasteiger partial charge on any atom is -0.484 e. The van der Waals surface area contributed by atoms with Crippen molar-refractivity contribution in [2.24, 2.45) is 0 Å². The first-order valence-corrected chi connectivity index (χ1v) is 10.3. The number of carbonyl (C=O) groups excluding carboxylic acids is 1. The monoisotopic (exact) mass is 382 g/mol. The molecule has 144 valence electrons. The summed E-state index contributed by atoms with van der Waals surface area (Å²) in [6.45, 7) is 3.93. The fraction of sp³-hybridized carbons (Fsp3) is 0.588. The number of hydrogen-bond acceptors (Lipinski definition) is 5. The van der Waals surface area contributed by atoms with E-state index in [0.29, 0.717) is 45.0 Å². The van der Waals surface area contributed by atoms with Crippen LogP contribution in [0.4, 0.5) is 0 Å². The van der Waals surface area contributed by atoms with Crippen LogP contribution in [0, 0.1) is 0 Å². The zero-order valence-corrected chi connectivity index (χ0v) is 15.9. The summed E-state index contributed by atoms with van der Waals surface area (Å²) < 4.78 is 34.0. The minimum atomic E-state index is -3.44. The Balaban J connectivity index is 1.48. The molecule has 2 heterocycles. The van der Waals surface area contributed by atoms with E-state index in [4.69, 9.17) is 4.74 Å². The highest BCUT2D eigenvalue weighted by Crippen LogP contribution is 2.15. The number of amides is 1. The van der Waals surface area contributed by atoms with Gasteiger partial charge in [-0.25, -0.2) is 0 Å². The van der Waals surface area contributed by atoms with Crippen LogP contribution in [0.15, 0.2) is 30.3 Å². The number of ether oxygens (including phenoxy) is 1. The molecule has 8 nitrogen and oxygen atoms in total. The van der Waals surface area contributed by atoms with Crippen LogP contribution in [-0.2, 0) is 15.0 Å². The van der Waals surface area contributed by atoms with Crippen LogP contribution in [0.2, 0.25) is 0 Å². The Bertz CT molecular complexity index is 697. The zero-order chi connectivity index (χ0) is 18.6. The average molecular weight is 382 g/mol. The lowest BCUT2D eigenvalue weighted by molar-refractivity contribution is -0.134. The normalized spacial score (nSPS) is 20.9. The molecule has 2 aliphatic rings. The van der Waals surface area contributed by atoms with E-state index in [1.807, 2.05) is 25.2 Å². The van der Waals surface area contributed by atoms with Gasteiger partial charge in [0.2, 0.25) is 0 Å². The molecule has 0 atom stereocenters. The Morgan fingerprint density at radius 3 is 2.04 bits per heavy atom. The third kappa shape index (κ3) is 4.53. The molecule has 0 aromatic heterocycles. The molecule has 3 rings (SSSR count). The van der Waals surface area contributed by atoms with Crippen LogP contribution >= 0.6 is 0 Å². The minimum absolute atomic E-state index is 0.0325. The van der Waals surface area contributed by atoms with Crippen LogP contribution in [-0.4, -0.2) is 98.7 Å². The summed E-state index contributed by atoms with van der Waals surface area (Å²) in [5.41, 5.74) is 0. The van der Waals surface area contributed by atoms with Crippen molar-refractivity contribution in [3.63, 3.8) is 0 Å². The molecule has 0 saturated carbocycles. The molecule has 0 radical (unpaired) electrons. The second-order valence-corrected chi connectivity index (χ2v) is 8.52. The van der Waals surface area contributed by atoms with E-state index in [1.54, 1.807) is 21.3 Å². The third-order valence-electron chi connectivity index (χ3n) is 4.81. The first-order valence-electron chi connectivity index (χ1n) is 8.86. The molecule has 1 amide bonds. The maximum atomic E-state index is 12.7. The van der Waals surface area contributed by atoms with Gasteiger partial charge in [-0.2, -0.15) is 17.0 Å². The first-order chi connectivity index (χ1) is 12.5. The number of likely N-dealkylation sites (N-methyl/N-ethyl adjacent to an activating group) is 1. The molecule has 0 spiro atoms. The van der Waals surface area contributed by atoms with Gasteiger partial charge >= 0.3 is 0 Å². The van der Waals surface area contributed by atoms with Gasteiger partial charge in [0.25, 0.3) is 16.1 Å². The Morgan fingerprint density at radius 1 is 0.923 bits per heavy atom. The number of hydrogen-bond donors (Lipinski definition) is 0. The van der Waals surface area contributed by atoms with E-state index in [2.05, 4.69) is 4.90 Å². The molecule has 1 aromatic carbocycles. The van der Waals surface area contributed by atoms with E-state index >= 15 is 0 Å². The molecule has 2 saturated heterocycles. The quantitative estimate of drug-likeness (QED) is 0.699. The molecule has 0 aliphatic carbocycles. The van der Waals surface area contributed by atoms with Crippen molar-refractivity contribution in [3.8, 4) is 5.75 Å². The summed E-state index contributed by atoms with van der Waals surface area (Å²) in [5, 5.41) is 0. The van der Waals surface area contributed by atoms with Crippen molar-refractivity contribution in [1.82, 2.24) is 18.4 Å². The number of carbonyl (C=O) groups is 1. The summed E-state index contributed by atoms with van der Waals surface area (Å²) in [7, 11) is -1.45. The summed E-state index contributed by atoms with van der Waals surface area (Å²) in [4.78, 5) is 16.1. The fourth-order valence-corrected chi connectivity index (χ4v) is 4.68. The number of piperazine rings is 2. The maximum Gasteiger partial charge on any atom is 0.282 e. The topological polar surface area (TPSA) is 73.4 Å². The van der Waals surface area contributed by atoms with Gasteiger partial charge in [0.15, 0.2) is 6.61 Å². The molecule has 1 aromatic rings. The molecule has 2 aliphatic heterocycles. The number of para-hydroxylation sites is 1. The average Bonchev–Trinajstić information content (AvgIpc) is 2.67. The Labute approximate surface area is 155 Å². The van der Waals surface area contributed by atoms with Crippen LogP contribution in [0.25, 0.3) is 0 Å². The lowest BCUT2D eigenvalue weighted by Gasteiger charge is -2.39. The van der Waals surface area contributed by atoms with Gasteiger partial charge in [0.05, 0.1) is 0 Å². The molecule has 26 heavy (non-hydrogen) atoms. The third-order valence-corrected chi connectivity index (χ3v) is 6.85. The number of benzene rings is 1. The Morgan fingerprint density at radius 2 is 1.46 bits per heavy atom. The van der Waals surface area contributed by atoms with Crippen molar-refractivity contribution >= 4 is 16.1 Å². The van der Waals surface area contributed by atoms with Crippen LogP contribution in [0.3, 0.4) is 0 Å². The fourth-order valence-electron chi connectivity index (χ4n) is 3.10. The zero-order valence-electron chi connectivity index (χ0n) is 15.1. The SMILES string of the molecule is CN1CCN(S(=O)(=O)N2CCN(C(=O)COc3ccccc3)CC2)CC1. The Hall–Kier alpha value is -1.68. The predicted octanol–water partition coefficient (Wildman–Crippen LogP) is -0.298. The molecular formula is C17H26N4O4S. The van der Waals surface area contributed by atoms with Crippen molar-refractivity contribution in [2.75, 3.05) is 66.0 Å². The molecular weight excluding hydrogens is 356 g/mol. The first kappa shape index (κ1) is 19.1. The van der Waals surface area contributed by atoms with E-state index < -0.39 is 10.2 Å². The highest BCUT2D eigenvalue weighted by molar-refractivity contribution is 7.86. The maximum absolute atomic E-state index is 12.7. The van der Waals surface area contributed by atoms with Crippen molar-refractivity contribution < 1.29 is 17.9 Å². The summed E-state index contributed by atoms with van der Waals surface area (Å²) in [5.74, 6) is 0.530. The standard InChI is InChI=1S/C17H26N4O4S/c1-18-7-11-20(12-8-18)26(23,24)21-13-9-19(10-14-21)17(22)15-25-16-5-3-2-4-6-16/h2-6H,7-15H2,1H3. The van der Waals surface area contributed by atoms with Crippen LogP contribution < -0.4 is 4.74 Å².